The van der Waals surface area contributed by atoms with Gasteiger partial charge in [-0.1, -0.05) is 12.1 Å². The summed E-state index contributed by atoms with van der Waals surface area (Å²) in [5.74, 6) is 0. The summed E-state index contributed by atoms with van der Waals surface area (Å²) in [6.45, 7) is 2.04. The molecule has 0 bridgehead atoms. The van der Waals surface area contributed by atoms with Gasteiger partial charge in [-0.15, -0.1) is 0 Å². The summed E-state index contributed by atoms with van der Waals surface area (Å²) in [6.07, 6.45) is 1.35. The van der Waals surface area contributed by atoms with E-state index >= 15 is 0 Å². The molecule has 2 heteroatoms. The molecule has 0 fully saturated rings. The number of hydrogen-bond acceptors (Lipinski definition) is 2. The van der Waals surface area contributed by atoms with Crippen LogP contribution in [0.1, 0.15) is 11.1 Å². The third kappa shape index (κ3) is 1.58. The highest BCUT2D eigenvalue weighted by Gasteiger charge is 1.95. The molecule has 0 radical (unpaired) electrons. The number of rotatable bonds is 2. The zero-order chi connectivity index (χ0) is 8.27. The molecule has 0 aliphatic rings. The van der Waals surface area contributed by atoms with Gasteiger partial charge >= 0.3 is 0 Å². The quantitative estimate of drug-likeness (QED) is 0.618. The molecule has 0 spiro atoms. The van der Waals surface area contributed by atoms with E-state index in [9.17, 15) is 0 Å². The van der Waals surface area contributed by atoms with Gasteiger partial charge in [-0.3, -0.25) is 0 Å². The molecule has 1 aromatic carbocycles. The van der Waals surface area contributed by atoms with Crippen molar-refractivity contribution in [3.63, 3.8) is 0 Å². The van der Waals surface area contributed by atoms with Crippen molar-refractivity contribution in [2.24, 2.45) is 0 Å². The van der Waals surface area contributed by atoms with Crippen LogP contribution >= 0.6 is 0 Å². The van der Waals surface area contributed by atoms with Crippen LogP contribution in [0, 0.1) is 12.3 Å². The van der Waals surface area contributed by atoms with Gasteiger partial charge in [0.25, 0.3) is 0 Å². The Morgan fingerprint density at radius 1 is 1.45 bits per heavy atom. The average Bonchev–Trinajstić information content (AvgIpc) is 2.04. The number of anilines is 1. The van der Waals surface area contributed by atoms with E-state index in [1.54, 1.807) is 0 Å². The van der Waals surface area contributed by atoms with Crippen molar-refractivity contribution in [2.75, 3.05) is 12.4 Å². The standard InChI is InChI=1S/C9H12N2/c1-7-3-4-8(6-10)9(5-7)11-2/h3-6,10-11H,1-2H3. The molecule has 0 heterocycles. The first-order chi connectivity index (χ1) is 5.27. The molecule has 0 saturated heterocycles. The van der Waals surface area contributed by atoms with Gasteiger partial charge in [0.05, 0.1) is 0 Å². The average molecular weight is 148 g/mol. The molecule has 2 N–H and O–H groups in total. The highest BCUT2D eigenvalue weighted by Crippen LogP contribution is 2.14. The second-order valence-corrected chi connectivity index (χ2v) is 2.49. The number of benzene rings is 1. The monoisotopic (exact) mass is 148 g/mol. The Bertz CT molecular complexity index is 266. The van der Waals surface area contributed by atoms with Gasteiger partial charge < -0.3 is 10.7 Å². The van der Waals surface area contributed by atoms with Gasteiger partial charge in [-0.25, -0.2) is 0 Å². The fourth-order valence-corrected chi connectivity index (χ4v) is 1.01. The maximum absolute atomic E-state index is 7.09. The summed E-state index contributed by atoms with van der Waals surface area (Å²) in [5.41, 5.74) is 3.15. The number of hydrogen-bond donors (Lipinski definition) is 2. The Balaban J connectivity index is 3.16. The van der Waals surface area contributed by atoms with Crippen LogP contribution in [0.2, 0.25) is 0 Å². The molecule has 1 rings (SSSR count). The summed E-state index contributed by atoms with van der Waals surface area (Å²) in [6, 6.07) is 5.97. The highest BCUT2D eigenvalue weighted by molar-refractivity contribution is 5.85. The van der Waals surface area contributed by atoms with Gasteiger partial charge in [0.15, 0.2) is 0 Å². The van der Waals surface area contributed by atoms with Crippen LogP contribution in [0.15, 0.2) is 18.2 Å². The Morgan fingerprint density at radius 2 is 2.18 bits per heavy atom. The van der Waals surface area contributed by atoms with Crippen LogP contribution in [0.4, 0.5) is 5.69 Å². The SMILES string of the molecule is CNc1cc(C)ccc1C=N. The zero-order valence-electron chi connectivity index (χ0n) is 6.81. The topological polar surface area (TPSA) is 35.9 Å². The molecule has 0 saturated carbocycles. The smallest absolute Gasteiger partial charge is 0.0429 e. The largest absolute Gasteiger partial charge is 0.388 e. The molecule has 0 aromatic heterocycles. The Hall–Kier alpha value is -1.31. The van der Waals surface area contributed by atoms with Crippen LogP contribution in [0.5, 0.6) is 0 Å². The molecule has 0 atom stereocenters. The van der Waals surface area contributed by atoms with Crippen molar-refractivity contribution in [1.29, 1.82) is 5.41 Å². The van der Waals surface area contributed by atoms with Crippen molar-refractivity contribution in [2.45, 2.75) is 6.92 Å². The molecule has 0 amide bonds. The highest BCUT2D eigenvalue weighted by atomic mass is 14.8. The van der Waals surface area contributed by atoms with E-state index in [1.165, 1.54) is 11.8 Å². The van der Waals surface area contributed by atoms with Crippen molar-refractivity contribution < 1.29 is 0 Å². The van der Waals surface area contributed by atoms with E-state index in [0.29, 0.717) is 0 Å². The van der Waals surface area contributed by atoms with E-state index in [0.717, 1.165) is 11.3 Å². The van der Waals surface area contributed by atoms with Crippen LogP contribution in [-0.2, 0) is 0 Å². The van der Waals surface area contributed by atoms with Crippen molar-refractivity contribution in [3.05, 3.63) is 29.3 Å². The molecular weight excluding hydrogens is 136 g/mol. The summed E-state index contributed by atoms with van der Waals surface area (Å²) in [5, 5.41) is 10.1. The van der Waals surface area contributed by atoms with Crippen LogP contribution in [0.25, 0.3) is 0 Å². The Morgan fingerprint density at radius 3 is 2.73 bits per heavy atom. The molecule has 2 nitrogen and oxygen atoms in total. The van der Waals surface area contributed by atoms with Crippen LogP contribution in [-0.4, -0.2) is 13.3 Å². The van der Waals surface area contributed by atoms with E-state index in [4.69, 9.17) is 5.41 Å². The summed E-state index contributed by atoms with van der Waals surface area (Å²) >= 11 is 0. The normalized spacial score (nSPS) is 9.27. The maximum atomic E-state index is 7.09. The molecule has 58 valence electrons. The van der Waals surface area contributed by atoms with Gasteiger partial charge in [0.2, 0.25) is 0 Å². The van der Waals surface area contributed by atoms with Gasteiger partial charge in [0, 0.05) is 24.5 Å². The zero-order valence-corrected chi connectivity index (χ0v) is 6.81. The minimum absolute atomic E-state index is 0.929. The third-order valence-corrected chi connectivity index (χ3v) is 1.63. The predicted molar refractivity (Wildman–Crippen MR) is 48.6 cm³/mol. The van der Waals surface area contributed by atoms with E-state index < -0.39 is 0 Å². The third-order valence-electron chi connectivity index (χ3n) is 1.63. The minimum Gasteiger partial charge on any atom is -0.388 e. The molecule has 0 aliphatic heterocycles. The predicted octanol–water partition coefficient (Wildman–Crippen LogP) is 2.03. The summed E-state index contributed by atoms with van der Waals surface area (Å²) in [4.78, 5) is 0. The first-order valence-electron chi connectivity index (χ1n) is 3.57. The van der Waals surface area contributed by atoms with Gasteiger partial charge in [0.1, 0.15) is 0 Å². The summed E-state index contributed by atoms with van der Waals surface area (Å²) in [7, 11) is 1.86. The number of nitrogens with one attached hydrogen (secondary N) is 2. The van der Waals surface area contributed by atoms with Crippen molar-refractivity contribution >= 4 is 11.9 Å². The lowest BCUT2D eigenvalue weighted by molar-refractivity contribution is 1.41. The second-order valence-electron chi connectivity index (χ2n) is 2.49. The Kier molecular flexibility index (Phi) is 2.26. The number of aryl methyl sites for hydroxylation is 1. The Labute approximate surface area is 66.8 Å². The molecule has 11 heavy (non-hydrogen) atoms. The lowest BCUT2D eigenvalue weighted by atomic mass is 10.1. The maximum Gasteiger partial charge on any atom is 0.0429 e. The molecule has 1 aromatic rings. The van der Waals surface area contributed by atoms with Gasteiger partial charge in [-0.2, -0.15) is 0 Å². The first-order valence-corrected chi connectivity index (χ1v) is 3.57. The first kappa shape index (κ1) is 7.79. The van der Waals surface area contributed by atoms with Crippen molar-refractivity contribution in [3.8, 4) is 0 Å². The lowest BCUT2D eigenvalue weighted by Crippen LogP contribution is -1.94. The van der Waals surface area contributed by atoms with Gasteiger partial charge in [-0.05, 0) is 18.6 Å². The van der Waals surface area contributed by atoms with E-state index in [1.807, 2.05) is 32.2 Å². The fraction of sp³-hybridized carbons (Fsp3) is 0.222. The lowest BCUT2D eigenvalue weighted by Gasteiger charge is -2.04. The van der Waals surface area contributed by atoms with Crippen molar-refractivity contribution in [1.82, 2.24) is 0 Å². The van der Waals surface area contributed by atoms with E-state index in [2.05, 4.69) is 5.32 Å². The second kappa shape index (κ2) is 3.19. The minimum atomic E-state index is 0.929. The molecule has 0 aliphatic carbocycles. The molecular formula is C9H12N2. The van der Waals surface area contributed by atoms with E-state index in [-0.39, 0.29) is 0 Å². The fourth-order valence-electron chi connectivity index (χ4n) is 1.01. The van der Waals surface area contributed by atoms with Crippen LogP contribution in [0.3, 0.4) is 0 Å². The molecule has 0 unspecified atom stereocenters. The summed E-state index contributed by atoms with van der Waals surface area (Å²) < 4.78 is 0. The van der Waals surface area contributed by atoms with Crippen LogP contribution < -0.4 is 5.32 Å².